The monoisotopic (exact) mass is 340 g/mol. The number of carbonyl (C=O) groups excluding carboxylic acids is 1. The van der Waals surface area contributed by atoms with E-state index in [4.69, 9.17) is 4.74 Å². The van der Waals surface area contributed by atoms with E-state index in [2.05, 4.69) is 20.6 Å². The lowest BCUT2D eigenvalue weighted by Crippen LogP contribution is -2.20. The normalized spacial score (nSPS) is 16.7. The standard InChI is InChI=1S/C19H24N4O2/c1-12-7-13(2)18(14(3)8-12)23-19(24)16-10-22-17(11-20-16)21-9-15-5-4-6-25-15/h7-8,10-11,15H,4-6,9H2,1-3H3,(H,21,22)(H,23,24). The fourth-order valence-electron chi connectivity index (χ4n) is 3.12. The molecule has 25 heavy (non-hydrogen) atoms. The smallest absolute Gasteiger partial charge is 0.275 e. The van der Waals surface area contributed by atoms with Crippen LogP contribution in [0.5, 0.6) is 0 Å². The van der Waals surface area contributed by atoms with Crippen molar-refractivity contribution in [3.05, 3.63) is 46.9 Å². The van der Waals surface area contributed by atoms with Crippen LogP contribution < -0.4 is 10.6 Å². The number of aryl methyl sites for hydroxylation is 3. The molecule has 1 aliphatic heterocycles. The maximum Gasteiger partial charge on any atom is 0.275 e. The van der Waals surface area contributed by atoms with Gasteiger partial charge in [-0.05, 0) is 44.7 Å². The van der Waals surface area contributed by atoms with Gasteiger partial charge >= 0.3 is 0 Å². The predicted molar refractivity (Wildman–Crippen MR) is 98.1 cm³/mol. The van der Waals surface area contributed by atoms with Crippen LogP contribution in [0, 0.1) is 20.8 Å². The van der Waals surface area contributed by atoms with E-state index in [1.807, 2.05) is 32.9 Å². The molecular weight excluding hydrogens is 316 g/mol. The molecule has 6 heteroatoms. The second kappa shape index (κ2) is 7.61. The van der Waals surface area contributed by atoms with E-state index in [1.165, 1.54) is 11.8 Å². The Bertz CT molecular complexity index is 730. The molecular formula is C19H24N4O2. The molecule has 1 aliphatic rings. The lowest BCUT2D eigenvalue weighted by Gasteiger charge is -2.13. The van der Waals surface area contributed by atoms with Crippen LogP contribution in [0.4, 0.5) is 11.5 Å². The highest BCUT2D eigenvalue weighted by Crippen LogP contribution is 2.22. The molecule has 3 rings (SSSR count). The predicted octanol–water partition coefficient (Wildman–Crippen LogP) is 3.25. The molecule has 0 saturated carbocycles. The first-order valence-electron chi connectivity index (χ1n) is 8.59. The first-order chi connectivity index (χ1) is 12.0. The highest BCUT2D eigenvalue weighted by Gasteiger charge is 2.16. The van der Waals surface area contributed by atoms with E-state index in [-0.39, 0.29) is 12.0 Å². The third-order valence-electron chi connectivity index (χ3n) is 4.33. The van der Waals surface area contributed by atoms with Gasteiger partial charge in [0.05, 0.1) is 18.5 Å². The molecule has 2 aromatic rings. The number of anilines is 2. The summed E-state index contributed by atoms with van der Waals surface area (Å²) in [4.78, 5) is 20.9. The summed E-state index contributed by atoms with van der Waals surface area (Å²) in [7, 11) is 0. The molecule has 0 bridgehead atoms. The molecule has 2 heterocycles. The number of nitrogens with zero attached hydrogens (tertiary/aromatic N) is 2. The Morgan fingerprint density at radius 3 is 2.56 bits per heavy atom. The summed E-state index contributed by atoms with van der Waals surface area (Å²) in [5.41, 5.74) is 4.37. The molecule has 2 N–H and O–H groups in total. The SMILES string of the molecule is Cc1cc(C)c(NC(=O)c2cnc(NCC3CCCO3)cn2)c(C)c1. The van der Waals surface area contributed by atoms with Crippen molar-refractivity contribution in [3.8, 4) is 0 Å². The molecule has 1 aromatic carbocycles. The third kappa shape index (κ3) is 4.33. The fraction of sp³-hybridized carbons (Fsp3) is 0.421. The van der Waals surface area contributed by atoms with Gasteiger partial charge in [-0.3, -0.25) is 4.79 Å². The molecule has 0 radical (unpaired) electrons. The molecule has 1 aromatic heterocycles. The van der Waals surface area contributed by atoms with E-state index >= 15 is 0 Å². The maximum absolute atomic E-state index is 12.4. The Labute approximate surface area is 148 Å². The summed E-state index contributed by atoms with van der Waals surface area (Å²) < 4.78 is 5.56. The summed E-state index contributed by atoms with van der Waals surface area (Å²) in [5.74, 6) is 0.392. The molecule has 0 aliphatic carbocycles. The van der Waals surface area contributed by atoms with Crippen molar-refractivity contribution >= 4 is 17.4 Å². The molecule has 1 unspecified atom stereocenters. The molecule has 132 valence electrons. The summed E-state index contributed by atoms with van der Waals surface area (Å²) in [6.07, 6.45) is 5.48. The van der Waals surface area contributed by atoms with Crippen molar-refractivity contribution in [3.63, 3.8) is 0 Å². The number of amides is 1. The summed E-state index contributed by atoms with van der Waals surface area (Å²) in [6.45, 7) is 7.55. The van der Waals surface area contributed by atoms with Crippen LogP contribution in [0.1, 0.15) is 40.0 Å². The summed E-state index contributed by atoms with van der Waals surface area (Å²) in [6, 6.07) is 4.10. The number of hydrogen-bond donors (Lipinski definition) is 2. The largest absolute Gasteiger partial charge is 0.376 e. The summed E-state index contributed by atoms with van der Waals surface area (Å²) in [5, 5.41) is 6.13. The molecule has 6 nitrogen and oxygen atoms in total. The van der Waals surface area contributed by atoms with Crippen LogP contribution in [0.2, 0.25) is 0 Å². The van der Waals surface area contributed by atoms with Gasteiger partial charge in [-0.2, -0.15) is 0 Å². The number of rotatable bonds is 5. The van der Waals surface area contributed by atoms with Crippen LogP contribution >= 0.6 is 0 Å². The maximum atomic E-state index is 12.4. The Morgan fingerprint density at radius 1 is 1.20 bits per heavy atom. The highest BCUT2D eigenvalue weighted by atomic mass is 16.5. The van der Waals surface area contributed by atoms with Gasteiger partial charge in [-0.1, -0.05) is 17.7 Å². The van der Waals surface area contributed by atoms with E-state index in [9.17, 15) is 4.79 Å². The zero-order valence-corrected chi connectivity index (χ0v) is 14.9. The van der Waals surface area contributed by atoms with Crippen molar-refractivity contribution < 1.29 is 9.53 Å². The Morgan fingerprint density at radius 2 is 1.96 bits per heavy atom. The minimum Gasteiger partial charge on any atom is -0.376 e. The van der Waals surface area contributed by atoms with Gasteiger partial charge in [0.1, 0.15) is 11.5 Å². The van der Waals surface area contributed by atoms with Crippen molar-refractivity contribution in [1.82, 2.24) is 9.97 Å². The minimum absolute atomic E-state index is 0.234. The van der Waals surface area contributed by atoms with Crippen LogP contribution in [0.15, 0.2) is 24.5 Å². The zero-order chi connectivity index (χ0) is 17.8. The van der Waals surface area contributed by atoms with E-state index in [1.54, 1.807) is 6.20 Å². The first kappa shape index (κ1) is 17.4. The van der Waals surface area contributed by atoms with Gasteiger partial charge < -0.3 is 15.4 Å². The number of benzene rings is 1. The Kier molecular flexibility index (Phi) is 5.28. The topological polar surface area (TPSA) is 76.1 Å². The molecule has 1 amide bonds. The lowest BCUT2D eigenvalue weighted by molar-refractivity contribution is 0.102. The number of hydrogen-bond acceptors (Lipinski definition) is 5. The van der Waals surface area contributed by atoms with E-state index < -0.39 is 0 Å². The quantitative estimate of drug-likeness (QED) is 0.874. The number of nitrogens with one attached hydrogen (secondary N) is 2. The third-order valence-corrected chi connectivity index (χ3v) is 4.33. The van der Waals surface area contributed by atoms with Gasteiger partial charge in [0, 0.05) is 18.8 Å². The van der Waals surface area contributed by atoms with Crippen molar-refractivity contribution in [1.29, 1.82) is 0 Å². The first-order valence-corrected chi connectivity index (χ1v) is 8.59. The fourth-order valence-corrected chi connectivity index (χ4v) is 3.12. The van der Waals surface area contributed by atoms with Crippen molar-refractivity contribution in [2.24, 2.45) is 0 Å². The van der Waals surface area contributed by atoms with Gasteiger partial charge in [0.15, 0.2) is 0 Å². The zero-order valence-electron chi connectivity index (χ0n) is 14.9. The number of ether oxygens (including phenoxy) is 1. The van der Waals surface area contributed by atoms with E-state index in [0.29, 0.717) is 18.1 Å². The van der Waals surface area contributed by atoms with Crippen molar-refractivity contribution in [2.75, 3.05) is 23.8 Å². The molecule has 0 spiro atoms. The van der Waals surface area contributed by atoms with Crippen molar-refractivity contribution in [2.45, 2.75) is 39.7 Å². The number of aromatic nitrogens is 2. The average Bonchev–Trinajstić information content (AvgIpc) is 3.10. The highest BCUT2D eigenvalue weighted by molar-refractivity contribution is 6.03. The van der Waals surface area contributed by atoms with Crippen LogP contribution in [-0.4, -0.2) is 35.1 Å². The van der Waals surface area contributed by atoms with E-state index in [0.717, 1.165) is 36.3 Å². The second-order valence-corrected chi connectivity index (χ2v) is 6.53. The van der Waals surface area contributed by atoms with Gasteiger partial charge in [0.25, 0.3) is 5.91 Å². The Hall–Kier alpha value is -2.47. The van der Waals surface area contributed by atoms with Crippen LogP contribution in [0.3, 0.4) is 0 Å². The minimum atomic E-state index is -0.256. The Balaban J connectivity index is 1.62. The molecule has 1 saturated heterocycles. The molecule has 1 atom stereocenters. The van der Waals surface area contributed by atoms with Gasteiger partial charge in [0.2, 0.25) is 0 Å². The summed E-state index contributed by atoms with van der Waals surface area (Å²) >= 11 is 0. The molecule has 1 fully saturated rings. The second-order valence-electron chi connectivity index (χ2n) is 6.53. The van der Waals surface area contributed by atoms with Crippen LogP contribution in [0.25, 0.3) is 0 Å². The average molecular weight is 340 g/mol. The lowest BCUT2D eigenvalue weighted by atomic mass is 10.1. The van der Waals surface area contributed by atoms with Gasteiger partial charge in [-0.25, -0.2) is 9.97 Å². The van der Waals surface area contributed by atoms with Crippen LogP contribution in [-0.2, 0) is 4.74 Å². The van der Waals surface area contributed by atoms with Gasteiger partial charge in [-0.15, -0.1) is 0 Å². The number of carbonyl (C=O) groups is 1.